The molecule has 0 aromatic carbocycles. The fraction of sp³-hybridized carbons (Fsp3) is 1.00. The summed E-state index contributed by atoms with van der Waals surface area (Å²) in [5.41, 5.74) is 0. The van der Waals surface area contributed by atoms with Gasteiger partial charge in [0.25, 0.3) is 0 Å². The van der Waals surface area contributed by atoms with Gasteiger partial charge in [-0.15, -0.1) is 0 Å². The van der Waals surface area contributed by atoms with Gasteiger partial charge >= 0.3 is 0 Å². The maximum atomic E-state index is 9.51. The zero-order valence-electron chi connectivity index (χ0n) is 9.42. The summed E-state index contributed by atoms with van der Waals surface area (Å²) in [5.74, 6) is 0. The molecule has 0 aliphatic rings. The third-order valence-corrected chi connectivity index (χ3v) is 2.31. The van der Waals surface area contributed by atoms with Gasteiger partial charge in [0.05, 0.1) is 6.10 Å². The first-order valence-corrected chi connectivity index (χ1v) is 5.64. The van der Waals surface area contributed by atoms with Crippen LogP contribution in [0.5, 0.6) is 0 Å². The van der Waals surface area contributed by atoms with E-state index in [1.54, 1.807) is 0 Å². The molecular weight excluding hydrogens is 162 g/mol. The van der Waals surface area contributed by atoms with E-state index >= 15 is 0 Å². The van der Waals surface area contributed by atoms with Crippen molar-refractivity contribution >= 4 is 0 Å². The molecule has 0 radical (unpaired) electrons. The highest BCUT2D eigenvalue weighted by molar-refractivity contribution is 4.62. The molecule has 0 saturated carbocycles. The first kappa shape index (κ1) is 12.9. The van der Waals surface area contributed by atoms with Gasteiger partial charge in [-0.1, -0.05) is 27.2 Å². The fourth-order valence-electron chi connectivity index (χ4n) is 1.42. The third-order valence-electron chi connectivity index (χ3n) is 2.31. The lowest BCUT2D eigenvalue weighted by Gasteiger charge is -2.23. The predicted molar refractivity (Wildman–Crippen MR) is 57.9 cm³/mol. The minimum Gasteiger partial charge on any atom is -0.392 e. The lowest BCUT2D eigenvalue weighted by atomic mass is 10.2. The number of unbranched alkanes of at least 4 members (excludes halogenated alkanes) is 1. The number of rotatable bonds is 8. The predicted octanol–water partition coefficient (Wildman–Crippen LogP) is 2.27. The summed E-state index contributed by atoms with van der Waals surface area (Å²) >= 11 is 0. The molecule has 80 valence electrons. The van der Waals surface area contributed by atoms with Crippen LogP contribution in [0.3, 0.4) is 0 Å². The molecular formula is C11H25NO. The van der Waals surface area contributed by atoms with E-state index in [1.807, 2.05) is 6.92 Å². The van der Waals surface area contributed by atoms with Crippen molar-refractivity contribution in [3.8, 4) is 0 Å². The van der Waals surface area contributed by atoms with Crippen molar-refractivity contribution in [2.75, 3.05) is 19.6 Å². The Labute approximate surface area is 82.9 Å². The average Bonchev–Trinajstić information content (AvgIpc) is 2.14. The summed E-state index contributed by atoms with van der Waals surface area (Å²) in [7, 11) is 0. The summed E-state index contributed by atoms with van der Waals surface area (Å²) in [6.45, 7) is 9.55. The molecule has 1 atom stereocenters. The van der Waals surface area contributed by atoms with Crippen molar-refractivity contribution in [1.29, 1.82) is 0 Å². The van der Waals surface area contributed by atoms with Gasteiger partial charge in [-0.25, -0.2) is 0 Å². The van der Waals surface area contributed by atoms with Gasteiger partial charge in [0.2, 0.25) is 0 Å². The lowest BCUT2D eigenvalue weighted by molar-refractivity contribution is 0.108. The number of hydrogen-bond acceptors (Lipinski definition) is 2. The maximum absolute atomic E-state index is 9.51. The van der Waals surface area contributed by atoms with Gasteiger partial charge < -0.3 is 10.0 Å². The highest BCUT2D eigenvalue weighted by Crippen LogP contribution is 2.00. The number of nitrogens with zero attached hydrogens (tertiary/aromatic N) is 1. The molecule has 0 fully saturated rings. The fourth-order valence-corrected chi connectivity index (χ4v) is 1.42. The quantitative estimate of drug-likeness (QED) is 0.630. The van der Waals surface area contributed by atoms with Gasteiger partial charge in [-0.3, -0.25) is 0 Å². The van der Waals surface area contributed by atoms with Crippen molar-refractivity contribution < 1.29 is 5.11 Å². The zero-order valence-corrected chi connectivity index (χ0v) is 9.42. The normalized spacial score (nSPS) is 13.6. The molecule has 0 spiro atoms. The van der Waals surface area contributed by atoms with Crippen LogP contribution in [0.2, 0.25) is 0 Å². The molecule has 0 bridgehead atoms. The highest BCUT2D eigenvalue weighted by atomic mass is 16.3. The Bertz CT molecular complexity index is 106. The summed E-state index contributed by atoms with van der Waals surface area (Å²) in [6.07, 6.45) is 4.40. The van der Waals surface area contributed by atoms with E-state index in [1.165, 1.54) is 19.3 Å². The standard InChI is InChI=1S/C11H25NO/c1-4-7-9-12(8-5-2)10-11(13)6-3/h11,13H,4-10H2,1-3H3. The van der Waals surface area contributed by atoms with Crippen LogP contribution in [0, 0.1) is 0 Å². The van der Waals surface area contributed by atoms with Crippen molar-refractivity contribution in [3.05, 3.63) is 0 Å². The molecule has 13 heavy (non-hydrogen) atoms. The Kier molecular flexibility index (Phi) is 8.46. The molecule has 0 aromatic heterocycles. The molecule has 0 saturated heterocycles. The van der Waals surface area contributed by atoms with Gasteiger partial charge in [-0.2, -0.15) is 0 Å². The van der Waals surface area contributed by atoms with Crippen LogP contribution >= 0.6 is 0 Å². The second-order valence-electron chi connectivity index (χ2n) is 3.72. The van der Waals surface area contributed by atoms with Gasteiger partial charge in [0.15, 0.2) is 0 Å². The van der Waals surface area contributed by atoms with Gasteiger partial charge in [-0.05, 0) is 32.4 Å². The van der Waals surface area contributed by atoms with Gasteiger partial charge in [0, 0.05) is 6.54 Å². The van der Waals surface area contributed by atoms with Gasteiger partial charge in [0.1, 0.15) is 0 Å². The van der Waals surface area contributed by atoms with Crippen molar-refractivity contribution in [2.45, 2.75) is 52.6 Å². The molecule has 0 amide bonds. The molecule has 1 unspecified atom stereocenters. The average molecular weight is 187 g/mol. The number of aliphatic hydroxyl groups is 1. The highest BCUT2D eigenvalue weighted by Gasteiger charge is 2.08. The van der Waals surface area contributed by atoms with Crippen LogP contribution < -0.4 is 0 Å². The first-order valence-electron chi connectivity index (χ1n) is 5.64. The molecule has 1 N–H and O–H groups in total. The summed E-state index contributed by atoms with van der Waals surface area (Å²) in [5, 5.41) is 9.51. The van der Waals surface area contributed by atoms with Crippen LogP contribution in [0.1, 0.15) is 46.5 Å². The van der Waals surface area contributed by atoms with E-state index < -0.39 is 0 Å². The zero-order chi connectivity index (χ0) is 10.1. The summed E-state index contributed by atoms with van der Waals surface area (Å²) < 4.78 is 0. The second-order valence-corrected chi connectivity index (χ2v) is 3.72. The first-order chi connectivity index (χ1) is 6.24. The maximum Gasteiger partial charge on any atom is 0.0664 e. The molecule has 0 aromatic rings. The summed E-state index contributed by atoms with van der Waals surface area (Å²) in [4.78, 5) is 2.37. The number of hydrogen-bond donors (Lipinski definition) is 1. The minimum atomic E-state index is -0.136. The molecule has 0 rings (SSSR count). The Morgan fingerprint density at radius 2 is 1.77 bits per heavy atom. The monoisotopic (exact) mass is 187 g/mol. The van der Waals surface area contributed by atoms with Crippen molar-refractivity contribution in [1.82, 2.24) is 4.90 Å². The van der Waals surface area contributed by atoms with E-state index in [0.717, 1.165) is 26.1 Å². The Balaban J connectivity index is 3.65. The van der Waals surface area contributed by atoms with E-state index in [-0.39, 0.29) is 6.10 Å². The minimum absolute atomic E-state index is 0.136. The van der Waals surface area contributed by atoms with Crippen LogP contribution in [-0.2, 0) is 0 Å². The molecule has 0 heterocycles. The van der Waals surface area contributed by atoms with E-state index in [4.69, 9.17) is 0 Å². The SMILES string of the molecule is CCCCN(CCC)CC(O)CC. The summed E-state index contributed by atoms with van der Waals surface area (Å²) in [6, 6.07) is 0. The van der Waals surface area contributed by atoms with Crippen molar-refractivity contribution in [2.24, 2.45) is 0 Å². The lowest BCUT2D eigenvalue weighted by Crippen LogP contribution is -2.33. The molecule has 0 aliphatic heterocycles. The van der Waals surface area contributed by atoms with Crippen molar-refractivity contribution in [3.63, 3.8) is 0 Å². The Morgan fingerprint density at radius 3 is 2.23 bits per heavy atom. The second kappa shape index (κ2) is 8.52. The molecule has 0 aliphatic carbocycles. The largest absolute Gasteiger partial charge is 0.392 e. The van der Waals surface area contributed by atoms with Crippen LogP contribution in [0.15, 0.2) is 0 Å². The smallest absolute Gasteiger partial charge is 0.0664 e. The van der Waals surface area contributed by atoms with Crippen LogP contribution in [0.25, 0.3) is 0 Å². The van der Waals surface area contributed by atoms with Crippen LogP contribution in [0.4, 0.5) is 0 Å². The molecule has 2 nitrogen and oxygen atoms in total. The van der Waals surface area contributed by atoms with E-state index in [9.17, 15) is 5.11 Å². The Morgan fingerprint density at radius 1 is 1.08 bits per heavy atom. The number of aliphatic hydroxyl groups excluding tert-OH is 1. The Hall–Kier alpha value is -0.0800. The third kappa shape index (κ3) is 7.03. The molecule has 2 heteroatoms. The topological polar surface area (TPSA) is 23.5 Å². The van der Waals surface area contributed by atoms with E-state index in [2.05, 4.69) is 18.7 Å². The van der Waals surface area contributed by atoms with E-state index in [0.29, 0.717) is 0 Å². The van der Waals surface area contributed by atoms with Crippen LogP contribution in [-0.4, -0.2) is 35.7 Å².